The molecule has 1 unspecified atom stereocenters. The summed E-state index contributed by atoms with van der Waals surface area (Å²) in [6, 6.07) is 7.39. The van der Waals surface area contributed by atoms with Crippen molar-refractivity contribution in [1.29, 1.82) is 0 Å². The average Bonchev–Trinajstić information content (AvgIpc) is 3.09. The van der Waals surface area contributed by atoms with Crippen LogP contribution in [0.4, 0.5) is 30.7 Å². The molecule has 176 valence electrons. The zero-order chi connectivity index (χ0) is 23.7. The van der Waals surface area contributed by atoms with E-state index < -0.39 is 41.5 Å². The van der Waals surface area contributed by atoms with Gasteiger partial charge < -0.3 is 10.1 Å². The molecule has 0 aromatic heterocycles. The van der Waals surface area contributed by atoms with Crippen LogP contribution in [-0.4, -0.2) is 18.7 Å². The van der Waals surface area contributed by atoms with Crippen LogP contribution < -0.4 is 5.32 Å². The standard InChI is InChI=1S/C23H24F7NO/c1-3-31-19-8-9-20(21(19)14-4-6-18(24)7-5-14)32-13(2)15-10-16(22(25,26)27)12-17(11-15)23(28,29)30/h4-7,10-13,19-21,31H,3,8-9H2,1-2H3/t13?,19-,20+,21+/m1/s1. The quantitative estimate of drug-likeness (QED) is 0.473. The van der Waals surface area contributed by atoms with E-state index in [9.17, 15) is 30.7 Å². The molecule has 0 amide bonds. The van der Waals surface area contributed by atoms with E-state index in [2.05, 4.69) is 5.32 Å². The highest BCUT2D eigenvalue weighted by molar-refractivity contribution is 5.35. The van der Waals surface area contributed by atoms with Gasteiger partial charge in [-0.05, 0) is 67.8 Å². The van der Waals surface area contributed by atoms with Crippen molar-refractivity contribution in [1.82, 2.24) is 5.32 Å². The molecular formula is C23H24F7NO. The van der Waals surface area contributed by atoms with Gasteiger partial charge in [-0.1, -0.05) is 19.1 Å². The van der Waals surface area contributed by atoms with Crippen LogP contribution in [0.5, 0.6) is 0 Å². The Bertz CT molecular complexity index is 876. The summed E-state index contributed by atoms with van der Waals surface area (Å²) in [4.78, 5) is 0. The first kappa shape index (κ1) is 24.5. The van der Waals surface area contributed by atoms with Gasteiger partial charge in [0.25, 0.3) is 0 Å². The number of ether oxygens (including phenoxy) is 1. The van der Waals surface area contributed by atoms with Gasteiger partial charge in [-0.3, -0.25) is 0 Å². The van der Waals surface area contributed by atoms with Gasteiger partial charge in [-0.15, -0.1) is 0 Å². The lowest BCUT2D eigenvalue weighted by Gasteiger charge is -2.29. The van der Waals surface area contributed by atoms with Crippen molar-refractivity contribution in [2.45, 2.75) is 63.2 Å². The molecule has 2 aromatic carbocycles. The molecular weight excluding hydrogens is 439 g/mol. The lowest BCUT2D eigenvalue weighted by atomic mass is 9.92. The summed E-state index contributed by atoms with van der Waals surface area (Å²) in [5.41, 5.74) is -2.14. The molecule has 1 fully saturated rings. The van der Waals surface area contributed by atoms with E-state index in [4.69, 9.17) is 4.74 Å². The first-order chi connectivity index (χ1) is 14.9. The van der Waals surface area contributed by atoms with Gasteiger partial charge in [0.05, 0.1) is 23.3 Å². The molecule has 2 nitrogen and oxygen atoms in total. The molecule has 32 heavy (non-hydrogen) atoms. The van der Waals surface area contributed by atoms with Crippen LogP contribution in [0.1, 0.15) is 61.0 Å². The number of halogens is 7. The smallest absolute Gasteiger partial charge is 0.370 e. The topological polar surface area (TPSA) is 21.3 Å². The van der Waals surface area contributed by atoms with Gasteiger partial charge in [-0.2, -0.15) is 26.3 Å². The molecule has 0 spiro atoms. The Morgan fingerprint density at radius 3 is 2.00 bits per heavy atom. The second kappa shape index (κ2) is 9.39. The Balaban J connectivity index is 1.90. The van der Waals surface area contributed by atoms with Crippen LogP contribution in [0.15, 0.2) is 42.5 Å². The molecule has 0 radical (unpaired) electrons. The molecule has 2 aromatic rings. The average molecular weight is 463 g/mol. The van der Waals surface area contributed by atoms with Gasteiger partial charge in [0.15, 0.2) is 0 Å². The van der Waals surface area contributed by atoms with Crippen molar-refractivity contribution >= 4 is 0 Å². The highest BCUT2D eigenvalue weighted by Gasteiger charge is 2.40. The molecule has 1 aliphatic rings. The first-order valence-corrected chi connectivity index (χ1v) is 10.3. The van der Waals surface area contributed by atoms with Gasteiger partial charge in [-0.25, -0.2) is 4.39 Å². The van der Waals surface area contributed by atoms with Gasteiger partial charge in [0.1, 0.15) is 5.82 Å². The predicted octanol–water partition coefficient (Wildman–Crippen LogP) is 6.87. The molecule has 4 atom stereocenters. The minimum atomic E-state index is -4.92. The fourth-order valence-electron chi connectivity index (χ4n) is 4.29. The van der Waals surface area contributed by atoms with Crippen molar-refractivity contribution in [3.8, 4) is 0 Å². The Kier molecular flexibility index (Phi) is 7.19. The van der Waals surface area contributed by atoms with E-state index in [1.165, 1.54) is 19.1 Å². The Labute approximate surface area is 181 Å². The summed E-state index contributed by atoms with van der Waals surface area (Å²) in [7, 11) is 0. The van der Waals surface area contributed by atoms with Crippen LogP contribution in [-0.2, 0) is 17.1 Å². The van der Waals surface area contributed by atoms with E-state index >= 15 is 0 Å². The maximum absolute atomic E-state index is 13.4. The number of hydrogen-bond acceptors (Lipinski definition) is 2. The lowest BCUT2D eigenvalue weighted by molar-refractivity contribution is -0.143. The summed E-state index contributed by atoms with van der Waals surface area (Å²) in [5.74, 6) is -0.618. The Morgan fingerprint density at radius 2 is 1.50 bits per heavy atom. The maximum atomic E-state index is 13.4. The minimum absolute atomic E-state index is 0.00472. The normalized spacial score (nSPS) is 22.8. The molecule has 0 saturated heterocycles. The molecule has 0 heterocycles. The zero-order valence-electron chi connectivity index (χ0n) is 17.5. The number of hydrogen-bond donors (Lipinski definition) is 1. The molecule has 0 aliphatic heterocycles. The summed E-state index contributed by atoms with van der Waals surface area (Å²) in [6.45, 7) is 4.05. The summed E-state index contributed by atoms with van der Waals surface area (Å²) >= 11 is 0. The third-order valence-electron chi connectivity index (χ3n) is 5.78. The number of likely N-dealkylation sites (N-methyl/N-ethyl adjacent to an activating group) is 1. The van der Waals surface area contributed by atoms with E-state index in [0.29, 0.717) is 31.5 Å². The van der Waals surface area contributed by atoms with Crippen molar-refractivity contribution < 1.29 is 35.5 Å². The van der Waals surface area contributed by atoms with Crippen molar-refractivity contribution in [2.24, 2.45) is 0 Å². The highest BCUT2D eigenvalue weighted by Crippen LogP contribution is 2.42. The van der Waals surface area contributed by atoms with Crippen LogP contribution in [0.3, 0.4) is 0 Å². The SMILES string of the molecule is CCN[C@@H]1CC[C@H](OC(C)c2cc(C(F)(F)F)cc(C(F)(F)F)c2)[C@H]1c1ccc(F)cc1. The fourth-order valence-corrected chi connectivity index (χ4v) is 4.29. The summed E-state index contributed by atoms with van der Waals surface area (Å²) < 4.78 is 98.7. The van der Waals surface area contributed by atoms with Crippen molar-refractivity contribution in [3.63, 3.8) is 0 Å². The van der Waals surface area contributed by atoms with Crippen LogP contribution in [0.25, 0.3) is 0 Å². The van der Waals surface area contributed by atoms with E-state index in [-0.39, 0.29) is 23.6 Å². The van der Waals surface area contributed by atoms with Gasteiger partial charge in [0, 0.05) is 12.0 Å². The van der Waals surface area contributed by atoms with Crippen LogP contribution in [0.2, 0.25) is 0 Å². The second-order valence-corrected chi connectivity index (χ2v) is 7.97. The number of rotatable bonds is 6. The molecule has 1 aliphatic carbocycles. The third-order valence-corrected chi connectivity index (χ3v) is 5.78. The van der Waals surface area contributed by atoms with Gasteiger partial charge in [0.2, 0.25) is 0 Å². The fraction of sp³-hybridized carbons (Fsp3) is 0.478. The molecule has 1 saturated carbocycles. The third kappa shape index (κ3) is 5.61. The number of benzene rings is 2. The summed E-state index contributed by atoms with van der Waals surface area (Å²) in [6.07, 6.45) is -10.0. The number of nitrogens with one attached hydrogen (secondary N) is 1. The van der Waals surface area contributed by atoms with Crippen molar-refractivity contribution in [3.05, 3.63) is 70.5 Å². The molecule has 9 heteroatoms. The minimum Gasteiger partial charge on any atom is -0.370 e. The van der Waals surface area contributed by atoms with Crippen LogP contribution in [0, 0.1) is 5.82 Å². The lowest BCUT2D eigenvalue weighted by Crippen LogP contribution is -2.35. The molecule has 0 bridgehead atoms. The Hall–Kier alpha value is -2.13. The highest BCUT2D eigenvalue weighted by atomic mass is 19.4. The second-order valence-electron chi connectivity index (χ2n) is 7.97. The van der Waals surface area contributed by atoms with E-state index in [1.54, 1.807) is 12.1 Å². The first-order valence-electron chi connectivity index (χ1n) is 10.3. The summed E-state index contributed by atoms with van der Waals surface area (Å²) in [5, 5.41) is 3.34. The van der Waals surface area contributed by atoms with Gasteiger partial charge >= 0.3 is 12.4 Å². The van der Waals surface area contributed by atoms with E-state index in [0.717, 1.165) is 5.56 Å². The maximum Gasteiger partial charge on any atom is 0.416 e. The van der Waals surface area contributed by atoms with E-state index in [1.807, 2.05) is 6.92 Å². The number of alkyl halides is 6. The predicted molar refractivity (Wildman–Crippen MR) is 106 cm³/mol. The van der Waals surface area contributed by atoms with Crippen molar-refractivity contribution in [2.75, 3.05) is 6.54 Å². The largest absolute Gasteiger partial charge is 0.416 e. The molecule has 1 N–H and O–H groups in total. The Morgan fingerprint density at radius 1 is 0.938 bits per heavy atom. The monoisotopic (exact) mass is 463 g/mol. The molecule has 3 rings (SSSR count). The zero-order valence-corrected chi connectivity index (χ0v) is 17.5. The van der Waals surface area contributed by atoms with Crippen LogP contribution >= 0.6 is 0 Å².